The second-order valence-electron chi connectivity index (χ2n) is 7.95. The fourth-order valence-corrected chi connectivity index (χ4v) is 4.36. The Labute approximate surface area is 170 Å². The summed E-state index contributed by atoms with van der Waals surface area (Å²) in [4.78, 5) is 37.6. The number of amides is 2. The molecular formula is C22H26N4O3. The van der Waals surface area contributed by atoms with Crippen LogP contribution in [0.5, 0.6) is 5.88 Å². The predicted octanol–water partition coefficient (Wildman–Crippen LogP) is 2.53. The first-order valence-electron chi connectivity index (χ1n) is 10.1. The Kier molecular flexibility index (Phi) is 5.47. The highest BCUT2D eigenvalue weighted by atomic mass is 16.5. The third-order valence-corrected chi connectivity index (χ3v) is 6.13. The number of hydrogen-bond donors (Lipinski definition) is 0. The van der Waals surface area contributed by atoms with Crippen molar-refractivity contribution < 1.29 is 14.3 Å². The highest BCUT2D eigenvalue weighted by molar-refractivity contribution is 5.94. The lowest BCUT2D eigenvalue weighted by Gasteiger charge is -2.47. The maximum atomic E-state index is 12.9. The van der Waals surface area contributed by atoms with Crippen molar-refractivity contribution >= 4 is 11.8 Å². The van der Waals surface area contributed by atoms with Gasteiger partial charge in [0.2, 0.25) is 11.8 Å². The topological polar surface area (TPSA) is 75.6 Å². The van der Waals surface area contributed by atoms with E-state index in [2.05, 4.69) is 9.97 Å². The number of ether oxygens (including phenoxy) is 1. The van der Waals surface area contributed by atoms with Gasteiger partial charge in [0.05, 0.1) is 19.3 Å². The van der Waals surface area contributed by atoms with Crippen molar-refractivity contribution in [1.82, 2.24) is 19.8 Å². The lowest BCUT2D eigenvalue weighted by Crippen LogP contribution is -2.52. The molecular weight excluding hydrogens is 368 g/mol. The van der Waals surface area contributed by atoms with E-state index >= 15 is 0 Å². The molecule has 2 saturated heterocycles. The van der Waals surface area contributed by atoms with Gasteiger partial charge in [0.15, 0.2) is 0 Å². The summed E-state index contributed by atoms with van der Waals surface area (Å²) in [6.45, 7) is 2.71. The number of rotatable bonds is 4. The second kappa shape index (κ2) is 8.19. The molecule has 0 saturated carbocycles. The third-order valence-electron chi connectivity index (χ3n) is 6.13. The monoisotopic (exact) mass is 394 g/mol. The summed E-state index contributed by atoms with van der Waals surface area (Å²) >= 11 is 0. The number of aromatic nitrogens is 2. The highest BCUT2D eigenvalue weighted by Crippen LogP contribution is 2.40. The zero-order valence-electron chi connectivity index (χ0n) is 16.7. The molecule has 0 unspecified atom stereocenters. The summed E-state index contributed by atoms with van der Waals surface area (Å²) in [6.07, 6.45) is 6.65. The van der Waals surface area contributed by atoms with Gasteiger partial charge >= 0.3 is 0 Å². The van der Waals surface area contributed by atoms with Crippen LogP contribution in [0.4, 0.5) is 0 Å². The molecule has 7 heteroatoms. The SMILES string of the molecule is COc1cc(C(=O)N2CCC3(CCC(=O)N(Cc4ccccn4)C3)CC2)ccn1. The second-order valence-corrected chi connectivity index (χ2v) is 7.95. The van der Waals surface area contributed by atoms with Gasteiger partial charge in [-0.2, -0.15) is 0 Å². The van der Waals surface area contributed by atoms with E-state index in [0.29, 0.717) is 37.5 Å². The molecule has 0 aromatic carbocycles. The molecule has 2 aromatic rings. The van der Waals surface area contributed by atoms with Crippen LogP contribution in [0.15, 0.2) is 42.7 Å². The minimum atomic E-state index is 0.0118. The van der Waals surface area contributed by atoms with Crippen LogP contribution in [-0.4, -0.2) is 58.3 Å². The van der Waals surface area contributed by atoms with Crippen LogP contribution >= 0.6 is 0 Å². The van der Waals surface area contributed by atoms with Crippen LogP contribution < -0.4 is 4.74 Å². The summed E-state index contributed by atoms with van der Waals surface area (Å²) < 4.78 is 5.13. The molecule has 152 valence electrons. The number of carbonyl (C=O) groups is 2. The van der Waals surface area contributed by atoms with Gasteiger partial charge in [-0.05, 0) is 42.9 Å². The van der Waals surface area contributed by atoms with Crippen LogP contribution in [-0.2, 0) is 11.3 Å². The average molecular weight is 394 g/mol. The van der Waals surface area contributed by atoms with Gasteiger partial charge in [0.1, 0.15) is 0 Å². The molecule has 4 rings (SSSR count). The Bertz CT molecular complexity index is 879. The molecule has 29 heavy (non-hydrogen) atoms. The van der Waals surface area contributed by atoms with Crippen LogP contribution in [0, 0.1) is 5.41 Å². The predicted molar refractivity (Wildman–Crippen MR) is 107 cm³/mol. The van der Waals surface area contributed by atoms with E-state index in [0.717, 1.165) is 31.5 Å². The van der Waals surface area contributed by atoms with Crippen molar-refractivity contribution in [3.63, 3.8) is 0 Å². The van der Waals surface area contributed by atoms with Gasteiger partial charge in [-0.1, -0.05) is 6.07 Å². The molecule has 2 aromatic heterocycles. The number of methoxy groups -OCH3 is 1. The van der Waals surface area contributed by atoms with Crippen LogP contribution in [0.1, 0.15) is 41.7 Å². The highest BCUT2D eigenvalue weighted by Gasteiger charge is 2.41. The van der Waals surface area contributed by atoms with Gasteiger partial charge < -0.3 is 14.5 Å². The van der Waals surface area contributed by atoms with E-state index in [-0.39, 0.29) is 17.2 Å². The Morgan fingerprint density at radius 3 is 2.69 bits per heavy atom. The first-order chi connectivity index (χ1) is 14.1. The van der Waals surface area contributed by atoms with Crippen molar-refractivity contribution in [3.8, 4) is 5.88 Å². The van der Waals surface area contributed by atoms with Gasteiger partial charge in [0, 0.05) is 50.1 Å². The summed E-state index contributed by atoms with van der Waals surface area (Å²) in [5.74, 6) is 0.654. The summed E-state index contributed by atoms with van der Waals surface area (Å²) in [7, 11) is 1.54. The van der Waals surface area contributed by atoms with Crippen molar-refractivity contribution in [2.45, 2.75) is 32.2 Å². The van der Waals surface area contributed by atoms with Gasteiger partial charge in [-0.3, -0.25) is 14.6 Å². The molecule has 0 N–H and O–H groups in total. The Morgan fingerprint density at radius 2 is 1.97 bits per heavy atom. The maximum absolute atomic E-state index is 12.9. The van der Waals surface area contributed by atoms with E-state index in [1.54, 1.807) is 31.6 Å². The molecule has 2 aliphatic heterocycles. The average Bonchev–Trinajstić information content (AvgIpc) is 2.77. The number of nitrogens with zero attached hydrogens (tertiary/aromatic N) is 4. The van der Waals surface area contributed by atoms with Crippen molar-refractivity contribution in [2.24, 2.45) is 5.41 Å². The van der Waals surface area contributed by atoms with Gasteiger partial charge in [-0.25, -0.2) is 4.98 Å². The fourth-order valence-electron chi connectivity index (χ4n) is 4.36. The Balaban J connectivity index is 1.40. The molecule has 0 radical (unpaired) electrons. The molecule has 0 aliphatic carbocycles. The van der Waals surface area contributed by atoms with E-state index in [1.165, 1.54) is 0 Å². The van der Waals surface area contributed by atoms with Crippen LogP contribution in [0.25, 0.3) is 0 Å². The van der Waals surface area contributed by atoms with E-state index in [1.807, 2.05) is 28.0 Å². The van der Waals surface area contributed by atoms with Crippen LogP contribution in [0.2, 0.25) is 0 Å². The fraction of sp³-hybridized carbons (Fsp3) is 0.455. The van der Waals surface area contributed by atoms with Gasteiger partial charge in [-0.15, -0.1) is 0 Å². The lowest BCUT2D eigenvalue weighted by atomic mass is 9.72. The molecule has 7 nitrogen and oxygen atoms in total. The number of carbonyl (C=O) groups excluding carboxylic acids is 2. The molecule has 1 spiro atoms. The van der Waals surface area contributed by atoms with Gasteiger partial charge in [0.25, 0.3) is 5.91 Å². The smallest absolute Gasteiger partial charge is 0.254 e. The molecule has 0 bridgehead atoms. The molecule has 4 heterocycles. The number of pyridine rings is 2. The summed E-state index contributed by atoms with van der Waals surface area (Å²) in [5.41, 5.74) is 1.61. The number of piperidine rings is 2. The number of likely N-dealkylation sites (tertiary alicyclic amines) is 2. The number of hydrogen-bond acceptors (Lipinski definition) is 5. The first-order valence-corrected chi connectivity index (χ1v) is 10.1. The minimum absolute atomic E-state index is 0.0118. The Morgan fingerprint density at radius 1 is 1.14 bits per heavy atom. The summed E-state index contributed by atoms with van der Waals surface area (Å²) in [6, 6.07) is 9.20. The largest absolute Gasteiger partial charge is 0.481 e. The Hall–Kier alpha value is -2.96. The molecule has 0 atom stereocenters. The van der Waals surface area contributed by atoms with Crippen molar-refractivity contribution in [1.29, 1.82) is 0 Å². The first kappa shape index (κ1) is 19.4. The third kappa shape index (κ3) is 4.23. The molecule has 2 amide bonds. The zero-order chi connectivity index (χ0) is 20.3. The maximum Gasteiger partial charge on any atom is 0.254 e. The molecule has 2 fully saturated rings. The van der Waals surface area contributed by atoms with Crippen LogP contribution in [0.3, 0.4) is 0 Å². The quantitative estimate of drug-likeness (QED) is 0.797. The van der Waals surface area contributed by atoms with E-state index < -0.39 is 0 Å². The van der Waals surface area contributed by atoms with Crippen molar-refractivity contribution in [3.05, 3.63) is 54.0 Å². The van der Waals surface area contributed by atoms with Crippen molar-refractivity contribution in [2.75, 3.05) is 26.7 Å². The van der Waals surface area contributed by atoms with E-state index in [4.69, 9.17) is 4.74 Å². The lowest BCUT2D eigenvalue weighted by molar-refractivity contribution is -0.139. The standard InChI is InChI=1S/C22H26N4O3/c1-29-19-14-17(6-11-24-19)21(28)25-12-8-22(9-13-25)7-5-20(27)26(16-22)15-18-4-2-3-10-23-18/h2-4,6,10-11,14H,5,7-9,12-13,15-16H2,1H3. The van der Waals surface area contributed by atoms with E-state index in [9.17, 15) is 9.59 Å². The minimum Gasteiger partial charge on any atom is -0.481 e. The zero-order valence-corrected chi connectivity index (χ0v) is 16.7. The summed E-state index contributed by atoms with van der Waals surface area (Å²) in [5, 5.41) is 0. The normalized spacial score (nSPS) is 18.7. The molecule has 2 aliphatic rings.